The second kappa shape index (κ2) is 3.20. The molecule has 1 aromatic carbocycles. The molecule has 70 valence electrons. The van der Waals surface area contributed by atoms with Crippen molar-refractivity contribution in [3.8, 4) is 0 Å². The minimum Gasteiger partial charge on any atom is -0.398 e. The molecule has 0 fully saturated rings. The van der Waals surface area contributed by atoms with E-state index >= 15 is 0 Å². The third-order valence-electron chi connectivity index (χ3n) is 2.58. The average Bonchev–Trinajstić information content (AvgIpc) is 2.12. The van der Waals surface area contributed by atoms with E-state index in [1.165, 1.54) is 11.1 Å². The van der Waals surface area contributed by atoms with E-state index in [-0.39, 0.29) is 0 Å². The SMILES string of the molecule is CC1NCCc2ccc(N)c(Cl)c21. The second-order valence-electron chi connectivity index (χ2n) is 3.47. The lowest BCUT2D eigenvalue weighted by Gasteiger charge is -2.25. The number of nitrogen functional groups attached to an aromatic ring is 1. The lowest BCUT2D eigenvalue weighted by atomic mass is 9.95. The predicted molar refractivity (Wildman–Crippen MR) is 56.0 cm³/mol. The van der Waals surface area contributed by atoms with E-state index in [0.717, 1.165) is 18.0 Å². The highest BCUT2D eigenvalue weighted by Gasteiger charge is 2.19. The molecule has 0 amide bonds. The highest BCUT2D eigenvalue weighted by Crippen LogP contribution is 2.33. The van der Waals surface area contributed by atoms with Gasteiger partial charge in [-0.25, -0.2) is 0 Å². The van der Waals surface area contributed by atoms with Crippen molar-refractivity contribution in [3.05, 3.63) is 28.3 Å². The Bertz CT molecular complexity index is 336. The molecular weight excluding hydrogens is 184 g/mol. The first kappa shape index (κ1) is 8.85. The van der Waals surface area contributed by atoms with Crippen molar-refractivity contribution in [2.45, 2.75) is 19.4 Å². The van der Waals surface area contributed by atoms with Crippen molar-refractivity contribution in [2.24, 2.45) is 0 Å². The van der Waals surface area contributed by atoms with Crippen LogP contribution in [0.2, 0.25) is 5.02 Å². The number of nitrogens with two attached hydrogens (primary N) is 1. The molecule has 1 aliphatic heterocycles. The first-order valence-corrected chi connectivity index (χ1v) is 4.88. The summed E-state index contributed by atoms with van der Waals surface area (Å²) >= 11 is 6.14. The maximum Gasteiger partial charge on any atom is 0.0685 e. The van der Waals surface area contributed by atoms with Crippen LogP contribution < -0.4 is 11.1 Å². The van der Waals surface area contributed by atoms with Crippen LogP contribution in [0.3, 0.4) is 0 Å². The van der Waals surface area contributed by atoms with Crippen LogP contribution in [0, 0.1) is 0 Å². The van der Waals surface area contributed by atoms with Crippen molar-refractivity contribution in [3.63, 3.8) is 0 Å². The van der Waals surface area contributed by atoms with Crippen molar-refractivity contribution in [1.82, 2.24) is 5.32 Å². The number of fused-ring (bicyclic) bond motifs is 1. The summed E-state index contributed by atoms with van der Waals surface area (Å²) in [5, 5.41) is 4.09. The summed E-state index contributed by atoms with van der Waals surface area (Å²) in [6.07, 6.45) is 1.04. The maximum absolute atomic E-state index is 6.14. The molecule has 0 aromatic heterocycles. The predicted octanol–water partition coefficient (Wildman–Crippen LogP) is 2.13. The number of hydrogen-bond donors (Lipinski definition) is 2. The zero-order chi connectivity index (χ0) is 9.42. The Balaban J connectivity index is 2.58. The van der Waals surface area contributed by atoms with Gasteiger partial charge in [-0.3, -0.25) is 0 Å². The Morgan fingerprint density at radius 3 is 3.08 bits per heavy atom. The van der Waals surface area contributed by atoms with E-state index in [1.807, 2.05) is 6.07 Å². The van der Waals surface area contributed by atoms with Crippen molar-refractivity contribution >= 4 is 17.3 Å². The van der Waals surface area contributed by atoms with E-state index in [1.54, 1.807) is 0 Å². The van der Waals surface area contributed by atoms with Crippen molar-refractivity contribution in [1.29, 1.82) is 0 Å². The molecule has 0 aliphatic carbocycles. The summed E-state index contributed by atoms with van der Waals surface area (Å²) in [5.74, 6) is 0. The molecule has 0 radical (unpaired) electrons. The topological polar surface area (TPSA) is 38.0 Å². The zero-order valence-electron chi connectivity index (χ0n) is 7.60. The molecule has 0 saturated carbocycles. The van der Waals surface area contributed by atoms with Crippen molar-refractivity contribution < 1.29 is 0 Å². The molecule has 2 nitrogen and oxygen atoms in total. The highest BCUT2D eigenvalue weighted by atomic mass is 35.5. The summed E-state index contributed by atoms with van der Waals surface area (Å²) in [5.41, 5.74) is 8.92. The molecule has 3 heteroatoms. The van der Waals surface area contributed by atoms with E-state index in [0.29, 0.717) is 11.7 Å². The number of anilines is 1. The summed E-state index contributed by atoms with van der Waals surface area (Å²) in [4.78, 5) is 0. The van der Waals surface area contributed by atoms with E-state index in [9.17, 15) is 0 Å². The fourth-order valence-electron chi connectivity index (χ4n) is 1.86. The van der Waals surface area contributed by atoms with Gasteiger partial charge in [-0.05, 0) is 37.1 Å². The van der Waals surface area contributed by atoms with Gasteiger partial charge in [0.2, 0.25) is 0 Å². The Morgan fingerprint density at radius 2 is 2.31 bits per heavy atom. The second-order valence-corrected chi connectivity index (χ2v) is 3.85. The molecule has 1 aromatic rings. The van der Waals surface area contributed by atoms with Crippen LogP contribution in [-0.2, 0) is 6.42 Å². The molecule has 0 bridgehead atoms. The van der Waals surface area contributed by atoms with Gasteiger partial charge in [-0.2, -0.15) is 0 Å². The third-order valence-corrected chi connectivity index (χ3v) is 3.00. The highest BCUT2D eigenvalue weighted by molar-refractivity contribution is 6.34. The fraction of sp³-hybridized carbons (Fsp3) is 0.400. The molecule has 13 heavy (non-hydrogen) atoms. The summed E-state index contributed by atoms with van der Waals surface area (Å²) in [7, 11) is 0. The Labute approximate surface area is 83.1 Å². The van der Waals surface area contributed by atoms with Gasteiger partial charge >= 0.3 is 0 Å². The van der Waals surface area contributed by atoms with Crippen LogP contribution in [0.1, 0.15) is 24.1 Å². The smallest absolute Gasteiger partial charge is 0.0685 e. The first-order valence-electron chi connectivity index (χ1n) is 4.50. The van der Waals surface area contributed by atoms with Gasteiger partial charge < -0.3 is 11.1 Å². The van der Waals surface area contributed by atoms with Crippen LogP contribution in [0.5, 0.6) is 0 Å². The maximum atomic E-state index is 6.14. The van der Waals surface area contributed by atoms with Gasteiger partial charge in [0, 0.05) is 6.04 Å². The van der Waals surface area contributed by atoms with Crippen LogP contribution in [0.25, 0.3) is 0 Å². The molecule has 0 saturated heterocycles. The fourth-order valence-corrected chi connectivity index (χ4v) is 2.21. The Kier molecular flexibility index (Phi) is 2.18. The van der Waals surface area contributed by atoms with Gasteiger partial charge in [0.1, 0.15) is 0 Å². The van der Waals surface area contributed by atoms with Gasteiger partial charge in [-0.15, -0.1) is 0 Å². The lowest BCUT2D eigenvalue weighted by molar-refractivity contribution is 0.541. The summed E-state index contributed by atoms with van der Waals surface area (Å²) in [6.45, 7) is 3.14. The Morgan fingerprint density at radius 1 is 1.54 bits per heavy atom. The number of hydrogen-bond acceptors (Lipinski definition) is 2. The van der Waals surface area contributed by atoms with Gasteiger partial charge in [0.15, 0.2) is 0 Å². The minimum absolute atomic E-state index is 0.319. The molecule has 2 rings (SSSR count). The molecule has 1 aliphatic rings. The molecule has 1 unspecified atom stereocenters. The van der Waals surface area contributed by atoms with E-state index in [2.05, 4.69) is 18.3 Å². The molecule has 3 N–H and O–H groups in total. The van der Waals surface area contributed by atoms with Crippen LogP contribution in [-0.4, -0.2) is 6.54 Å². The number of rotatable bonds is 0. The normalized spacial score (nSPS) is 21.2. The van der Waals surface area contributed by atoms with Crippen LogP contribution in [0.4, 0.5) is 5.69 Å². The number of nitrogens with one attached hydrogen (secondary N) is 1. The number of halogens is 1. The quantitative estimate of drug-likeness (QED) is 0.624. The standard InChI is InChI=1S/C10H13ClN2/c1-6-9-7(4-5-13-6)2-3-8(12)10(9)11/h2-3,6,13H,4-5,12H2,1H3. The van der Waals surface area contributed by atoms with Gasteiger partial charge in [0.05, 0.1) is 10.7 Å². The third kappa shape index (κ3) is 1.40. The summed E-state index contributed by atoms with van der Waals surface area (Å²) in [6, 6.07) is 4.28. The summed E-state index contributed by atoms with van der Waals surface area (Å²) < 4.78 is 0. The minimum atomic E-state index is 0.319. The monoisotopic (exact) mass is 196 g/mol. The van der Waals surface area contributed by atoms with Crippen LogP contribution >= 0.6 is 11.6 Å². The van der Waals surface area contributed by atoms with E-state index < -0.39 is 0 Å². The largest absolute Gasteiger partial charge is 0.398 e. The zero-order valence-corrected chi connectivity index (χ0v) is 8.36. The molecule has 1 atom stereocenters. The van der Waals surface area contributed by atoms with Crippen LogP contribution in [0.15, 0.2) is 12.1 Å². The van der Waals surface area contributed by atoms with Crippen molar-refractivity contribution in [2.75, 3.05) is 12.3 Å². The average molecular weight is 197 g/mol. The molecule has 1 heterocycles. The molecular formula is C10H13ClN2. The molecule has 0 spiro atoms. The van der Waals surface area contributed by atoms with Gasteiger partial charge in [0.25, 0.3) is 0 Å². The first-order chi connectivity index (χ1) is 6.20. The van der Waals surface area contributed by atoms with E-state index in [4.69, 9.17) is 17.3 Å². The Hall–Kier alpha value is -0.730. The lowest BCUT2D eigenvalue weighted by Crippen LogP contribution is -2.28. The van der Waals surface area contributed by atoms with Gasteiger partial charge in [-0.1, -0.05) is 17.7 Å². The number of benzene rings is 1.